The SMILES string of the molecule is C[C@@H]1C[C@H](C)N(COCOC(C)(C)C)C[C@@H]1C. The van der Waals surface area contributed by atoms with Gasteiger partial charge < -0.3 is 9.47 Å². The Morgan fingerprint density at radius 2 is 1.76 bits per heavy atom. The van der Waals surface area contributed by atoms with Crippen molar-refractivity contribution in [2.45, 2.75) is 59.6 Å². The zero-order valence-electron chi connectivity index (χ0n) is 12.3. The molecule has 0 unspecified atom stereocenters. The lowest BCUT2D eigenvalue weighted by molar-refractivity contribution is -0.150. The second kappa shape index (κ2) is 6.17. The van der Waals surface area contributed by atoms with E-state index in [-0.39, 0.29) is 5.60 Å². The predicted molar refractivity (Wildman–Crippen MR) is 70.8 cm³/mol. The summed E-state index contributed by atoms with van der Waals surface area (Å²) < 4.78 is 11.2. The summed E-state index contributed by atoms with van der Waals surface area (Å²) in [6, 6.07) is 0.621. The molecule has 3 heteroatoms. The largest absolute Gasteiger partial charge is 0.350 e. The molecule has 3 atom stereocenters. The lowest BCUT2D eigenvalue weighted by atomic mass is 9.85. The van der Waals surface area contributed by atoms with Crippen LogP contribution in [-0.4, -0.2) is 36.6 Å². The van der Waals surface area contributed by atoms with Gasteiger partial charge in [-0.2, -0.15) is 0 Å². The summed E-state index contributed by atoms with van der Waals surface area (Å²) in [5.41, 5.74) is -0.116. The maximum atomic E-state index is 5.61. The van der Waals surface area contributed by atoms with E-state index in [0.29, 0.717) is 19.6 Å². The molecule has 0 aromatic carbocycles. The van der Waals surface area contributed by atoms with Gasteiger partial charge in [-0.05, 0) is 46.0 Å². The number of hydrogen-bond acceptors (Lipinski definition) is 3. The lowest BCUT2D eigenvalue weighted by Gasteiger charge is -2.40. The fraction of sp³-hybridized carbons (Fsp3) is 1.00. The third kappa shape index (κ3) is 5.36. The molecular formula is C14H29NO2. The van der Waals surface area contributed by atoms with E-state index in [1.807, 2.05) is 20.8 Å². The van der Waals surface area contributed by atoms with Crippen molar-refractivity contribution in [3.63, 3.8) is 0 Å². The van der Waals surface area contributed by atoms with Crippen molar-refractivity contribution in [1.82, 2.24) is 4.90 Å². The first kappa shape index (κ1) is 14.9. The van der Waals surface area contributed by atoms with Gasteiger partial charge in [0.15, 0.2) is 0 Å². The van der Waals surface area contributed by atoms with Gasteiger partial charge in [-0.3, -0.25) is 4.90 Å². The van der Waals surface area contributed by atoms with Gasteiger partial charge in [0.05, 0.1) is 5.60 Å². The topological polar surface area (TPSA) is 21.7 Å². The summed E-state index contributed by atoms with van der Waals surface area (Å²) in [5, 5.41) is 0. The van der Waals surface area contributed by atoms with E-state index in [0.717, 1.165) is 18.4 Å². The van der Waals surface area contributed by atoms with Crippen molar-refractivity contribution in [2.75, 3.05) is 20.1 Å². The molecule has 0 spiro atoms. The average Bonchev–Trinajstić information content (AvgIpc) is 2.18. The van der Waals surface area contributed by atoms with Crippen LogP contribution in [0.2, 0.25) is 0 Å². The molecular weight excluding hydrogens is 214 g/mol. The maximum absolute atomic E-state index is 5.61. The van der Waals surface area contributed by atoms with Crippen molar-refractivity contribution in [1.29, 1.82) is 0 Å². The van der Waals surface area contributed by atoms with Gasteiger partial charge in [0, 0.05) is 12.6 Å². The van der Waals surface area contributed by atoms with Crippen molar-refractivity contribution in [3.8, 4) is 0 Å². The first-order valence-corrected chi connectivity index (χ1v) is 6.75. The molecule has 0 aromatic rings. The quantitative estimate of drug-likeness (QED) is 0.559. The molecule has 3 nitrogen and oxygen atoms in total. The first-order valence-electron chi connectivity index (χ1n) is 6.75. The van der Waals surface area contributed by atoms with Gasteiger partial charge >= 0.3 is 0 Å². The fourth-order valence-corrected chi connectivity index (χ4v) is 2.20. The molecule has 1 fully saturated rings. The van der Waals surface area contributed by atoms with Crippen molar-refractivity contribution in [3.05, 3.63) is 0 Å². The predicted octanol–water partition coefficient (Wildman–Crippen LogP) is 3.10. The van der Waals surface area contributed by atoms with Crippen LogP contribution in [0.4, 0.5) is 0 Å². The highest BCUT2D eigenvalue weighted by Crippen LogP contribution is 2.26. The highest BCUT2D eigenvalue weighted by atomic mass is 16.7. The Balaban J connectivity index is 2.23. The van der Waals surface area contributed by atoms with Gasteiger partial charge in [0.2, 0.25) is 0 Å². The summed E-state index contributed by atoms with van der Waals surface area (Å²) in [5.74, 6) is 1.59. The molecule has 0 saturated carbocycles. The molecule has 1 heterocycles. The minimum absolute atomic E-state index is 0.116. The minimum Gasteiger partial charge on any atom is -0.350 e. The number of piperidine rings is 1. The maximum Gasteiger partial charge on any atom is 0.149 e. The second-order valence-corrected chi connectivity index (χ2v) is 6.52. The van der Waals surface area contributed by atoms with Crippen LogP contribution in [0.15, 0.2) is 0 Å². The van der Waals surface area contributed by atoms with E-state index in [4.69, 9.17) is 9.47 Å². The third-order valence-electron chi connectivity index (χ3n) is 3.66. The molecule has 1 aliphatic rings. The molecule has 0 aliphatic carbocycles. The Morgan fingerprint density at radius 1 is 1.12 bits per heavy atom. The summed E-state index contributed by atoms with van der Waals surface area (Å²) in [4.78, 5) is 2.41. The average molecular weight is 243 g/mol. The highest BCUT2D eigenvalue weighted by molar-refractivity contribution is 4.79. The van der Waals surface area contributed by atoms with E-state index >= 15 is 0 Å². The second-order valence-electron chi connectivity index (χ2n) is 6.52. The van der Waals surface area contributed by atoms with Crippen LogP contribution in [-0.2, 0) is 9.47 Å². The van der Waals surface area contributed by atoms with Crippen molar-refractivity contribution >= 4 is 0 Å². The van der Waals surface area contributed by atoms with Crippen LogP contribution in [0, 0.1) is 11.8 Å². The van der Waals surface area contributed by atoms with E-state index < -0.39 is 0 Å². The zero-order valence-corrected chi connectivity index (χ0v) is 12.3. The number of likely N-dealkylation sites (tertiary alicyclic amines) is 1. The number of hydrogen-bond donors (Lipinski definition) is 0. The van der Waals surface area contributed by atoms with E-state index in [1.54, 1.807) is 0 Å². The first-order chi connectivity index (χ1) is 7.79. The summed E-state index contributed by atoms with van der Waals surface area (Å²) in [6.07, 6.45) is 1.27. The molecule has 0 radical (unpaired) electrons. The van der Waals surface area contributed by atoms with Gasteiger partial charge in [0.1, 0.15) is 13.5 Å². The van der Waals surface area contributed by atoms with Gasteiger partial charge in [-0.1, -0.05) is 13.8 Å². The molecule has 0 bridgehead atoms. The molecule has 0 aromatic heterocycles. The Hall–Kier alpha value is -0.120. The smallest absolute Gasteiger partial charge is 0.149 e. The van der Waals surface area contributed by atoms with Crippen molar-refractivity contribution < 1.29 is 9.47 Å². The highest BCUT2D eigenvalue weighted by Gasteiger charge is 2.28. The Bertz CT molecular complexity index is 225. The molecule has 17 heavy (non-hydrogen) atoms. The van der Waals surface area contributed by atoms with Crippen LogP contribution in [0.25, 0.3) is 0 Å². The standard InChI is InChI=1S/C14H29NO2/c1-11-7-13(3)15(8-12(11)2)9-16-10-17-14(4,5)6/h11-13H,7-10H2,1-6H3/t11-,12+,13+/m1/s1. The van der Waals surface area contributed by atoms with E-state index in [2.05, 4.69) is 25.7 Å². The summed E-state index contributed by atoms with van der Waals surface area (Å²) >= 11 is 0. The third-order valence-corrected chi connectivity index (χ3v) is 3.66. The monoisotopic (exact) mass is 243 g/mol. The molecule has 102 valence electrons. The van der Waals surface area contributed by atoms with E-state index in [1.165, 1.54) is 6.42 Å². The van der Waals surface area contributed by atoms with Crippen LogP contribution >= 0.6 is 0 Å². The number of nitrogens with zero attached hydrogens (tertiary/aromatic N) is 1. The fourth-order valence-electron chi connectivity index (χ4n) is 2.20. The Morgan fingerprint density at radius 3 is 2.35 bits per heavy atom. The van der Waals surface area contributed by atoms with Crippen LogP contribution in [0.3, 0.4) is 0 Å². The molecule has 1 aliphatic heterocycles. The number of ether oxygens (including phenoxy) is 2. The van der Waals surface area contributed by atoms with Gasteiger partial charge in [0.25, 0.3) is 0 Å². The van der Waals surface area contributed by atoms with E-state index in [9.17, 15) is 0 Å². The Labute approximate surface area is 106 Å². The normalized spacial score (nSPS) is 31.8. The zero-order chi connectivity index (χ0) is 13.1. The summed E-state index contributed by atoms with van der Waals surface area (Å²) in [7, 11) is 0. The molecule has 0 N–H and O–H groups in total. The lowest BCUT2D eigenvalue weighted by Crippen LogP contribution is -2.45. The van der Waals surface area contributed by atoms with Crippen LogP contribution < -0.4 is 0 Å². The van der Waals surface area contributed by atoms with Gasteiger partial charge in [-0.25, -0.2) is 0 Å². The summed E-state index contributed by atoms with van der Waals surface area (Å²) in [6.45, 7) is 15.3. The molecule has 1 rings (SSSR count). The van der Waals surface area contributed by atoms with Crippen molar-refractivity contribution in [2.24, 2.45) is 11.8 Å². The van der Waals surface area contributed by atoms with Gasteiger partial charge in [-0.15, -0.1) is 0 Å². The van der Waals surface area contributed by atoms with Crippen LogP contribution in [0.1, 0.15) is 48.0 Å². The Kier molecular flexibility index (Phi) is 5.42. The number of rotatable bonds is 4. The molecule has 1 saturated heterocycles. The minimum atomic E-state index is -0.116. The molecule has 0 amide bonds. The van der Waals surface area contributed by atoms with Crippen LogP contribution in [0.5, 0.6) is 0 Å².